The molecule has 1 aliphatic rings. The van der Waals surface area contributed by atoms with Gasteiger partial charge in [0.25, 0.3) is 0 Å². The van der Waals surface area contributed by atoms with Crippen LogP contribution in [-0.4, -0.2) is 47.5 Å². The monoisotopic (exact) mass is 586 g/mol. The van der Waals surface area contributed by atoms with Crippen LogP contribution in [0.3, 0.4) is 0 Å². The van der Waals surface area contributed by atoms with E-state index in [1.54, 1.807) is 37.6 Å². The third-order valence-electron chi connectivity index (χ3n) is 6.28. The molecule has 1 unspecified atom stereocenters. The van der Waals surface area contributed by atoms with Crippen LogP contribution in [0.1, 0.15) is 71.6 Å². The summed E-state index contributed by atoms with van der Waals surface area (Å²) in [5.74, 6) is 1.70. The number of methoxy groups -OCH3 is 1. The maximum Gasteiger partial charge on any atom is 0.223 e. The number of benzene rings is 1. The van der Waals surface area contributed by atoms with Crippen molar-refractivity contribution in [3.8, 4) is 22.7 Å². The average molecular weight is 587 g/mol. The van der Waals surface area contributed by atoms with E-state index >= 15 is 4.39 Å². The van der Waals surface area contributed by atoms with E-state index in [-0.39, 0.29) is 17.6 Å². The molecule has 3 N–H and O–H groups in total. The van der Waals surface area contributed by atoms with E-state index in [4.69, 9.17) is 18.8 Å². The number of rotatable bonds is 15. The summed E-state index contributed by atoms with van der Waals surface area (Å²) in [4.78, 5) is 13.6. The van der Waals surface area contributed by atoms with Gasteiger partial charge in [0.15, 0.2) is 23.4 Å². The topological polar surface area (TPSA) is 106 Å². The Bertz CT molecular complexity index is 1250. The van der Waals surface area contributed by atoms with Gasteiger partial charge in [-0.3, -0.25) is 10.1 Å². The van der Waals surface area contributed by atoms with E-state index in [9.17, 15) is 0 Å². The number of hydrogen-bond donors (Lipinski definition) is 3. The number of halogens is 1. The highest BCUT2D eigenvalue weighted by atomic mass is 31.1. The molecule has 2 atom stereocenters. The summed E-state index contributed by atoms with van der Waals surface area (Å²) >= 11 is 0. The lowest BCUT2D eigenvalue weighted by Gasteiger charge is -2.16. The summed E-state index contributed by atoms with van der Waals surface area (Å²) < 4.78 is 32.6. The van der Waals surface area contributed by atoms with Crippen molar-refractivity contribution in [3.63, 3.8) is 0 Å². The molecule has 2 aromatic heterocycles. The van der Waals surface area contributed by atoms with Gasteiger partial charge in [-0.15, -0.1) is 0 Å². The highest BCUT2D eigenvalue weighted by Crippen LogP contribution is 2.44. The molecule has 4 rings (SSSR count). The Kier molecular flexibility index (Phi) is 12.8. The van der Waals surface area contributed by atoms with Gasteiger partial charge in [-0.2, -0.15) is 0 Å². The molecule has 0 amide bonds. The molecule has 0 radical (unpaired) electrons. The van der Waals surface area contributed by atoms with Gasteiger partial charge in [-0.25, -0.2) is 19.3 Å². The molecule has 11 heteroatoms. The van der Waals surface area contributed by atoms with Gasteiger partial charge in [0, 0.05) is 30.3 Å². The zero-order valence-corrected chi connectivity index (χ0v) is 26.0. The number of hydrogen-bond acceptors (Lipinski definition) is 9. The standard InChI is InChI=1S/C26H34FN6O3P.C4H10/c1-6-14-37(5)36-33-20-9-7-8-19(22(20)27)23-24(35-25(32-23)18-10-11-18)21-12-13-28-26(31-21)29-15-16(2)30-17(3)34-4;1-3-4-2/h7-9,12-13,16,18,30,33H,3,6,10-11,14-15H2,1-2,4-5H3,(H,28,29,31);3-4H2,1-2H3/t16-,37?;/m0./s1. The molecule has 224 valence electrons. The van der Waals surface area contributed by atoms with E-state index in [1.807, 2.05) is 13.6 Å². The van der Waals surface area contributed by atoms with Gasteiger partial charge in [0.1, 0.15) is 11.4 Å². The van der Waals surface area contributed by atoms with Crippen molar-refractivity contribution in [1.29, 1.82) is 0 Å². The molecule has 2 heterocycles. The minimum absolute atomic E-state index is 0.0232. The van der Waals surface area contributed by atoms with E-state index < -0.39 is 14.0 Å². The van der Waals surface area contributed by atoms with Crippen LogP contribution in [0.2, 0.25) is 0 Å². The smallest absolute Gasteiger partial charge is 0.223 e. The van der Waals surface area contributed by atoms with E-state index in [2.05, 4.69) is 53.4 Å². The van der Waals surface area contributed by atoms with Gasteiger partial charge in [0.05, 0.1) is 20.9 Å². The summed E-state index contributed by atoms with van der Waals surface area (Å²) in [6.07, 6.45) is 8.22. The first-order valence-corrected chi connectivity index (χ1v) is 16.2. The van der Waals surface area contributed by atoms with Crippen molar-refractivity contribution in [3.05, 3.63) is 54.6 Å². The SMILES string of the molecule is C=C(N[C@@H](C)CNc1nccc(-c2oc(C3CC3)nc2-c2cccc(NOP(C)CCC)c2F)n1)OC.CCCC. The fourth-order valence-corrected chi connectivity index (χ4v) is 4.65. The predicted octanol–water partition coefficient (Wildman–Crippen LogP) is 7.91. The Morgan fingerprint density at radius 3 is 2.59 bits per heavy atom. The molecule has 41 heavy (non-hydrogen) atoms. The first kappa shape index (κ1) is 32.3. The Labute approximate surface area is 244 Å². The molecule has 1 aliphatic carbocycles. The molecule has 3 aromatic rings. The van der Waals surface area contributed by atoms with E-state index in [1.165, 1.54) is 12.8 Å². The third-order valence-corrected chi connectivity index (χ3v) is 7.76. The van der Waals surface area contributed by atoms with Crippen molar-refractivity contribution >= 4 is 19.8 Å². The van der Waals surface area contributed by atoms with Crippen LogP contribution < -0.4 is 16.1 Å². The number of nitrogens with zero attached hydrogens (tertiary/aromatic N) is 3. The van der Waals surface area contributed by atoms with Crippen molar-refractivity contribution < 1.29 is 18.2 Å². The molecule has 1 saturated carbocycles. The fraction of sp³-hybridized carbons (Fsp3) is 0.500. The van der Waals surface area contributed by atoms with Gasteiger partial charge in [0.2, 0.25) is 5.95 Å². The average Bonchev–Trinajstić information content (AvgIpc) is 3.74. The summed E-state index contributed by atoms with van der Waals surface area (Å²) in [5.41, 5.74) is 4.30. The highest BCUT2D eigenvalue weighted by molar-refractivity contribution is 7.51. The van der Waals surface area contributed by atoms with Crippen molar-refractivity contribution in [2.45, 2.75) is 71.8 Å². The van der Waals surface area contributed by atoms with Crippen molar-refractivity contribution in [2.24, 2.45) is 0 Å². The number of nitrogens with one attached hydrogen (secondary N) is 3. The third kappa shape index (κ3) is 9.68. The zero-order chi connectivity index (χ0) is 29.8. The zero-order valence-electron chi connectivity index (χ0n) is 25.1. The van der Waals surface area contributed by atoms with Crippen LogP contribution >= 0.6 is 8.15 Å². The molecule has 0 saturated heterocycles. The van der Waals surface area contributed by atoms with E-state index in [0.29, 0.717) is 47.0 Å². The lowest BCUT2D eigenvalue weighted by molar-refractivity contribution is 0.255. The Balaban J connectivity index is 0.00000108. The second-order valence-electron chi connectivity index (χ2n) is 10.0. The molecule has 0 aliphatic heterocycles. The highest BCUT2D eigenvalue weighted by Gasteiger charge is 2.32. The lowest BCUT2D eigenvalue weighted by Crippen LogP contribution is -2.32. The molecule has 1 aromatic carbocycles. The van der Waals surface area contributed by atoms with Gasteiger partial charge < -0.3 is 19.8 Å². The minimum atomic E-state index is -0.690. The summed E-state index contributed by atoms with van der Waals surface area (Å²) in [6, 6.07) is 6.87. The maximum atomic E-state index is 15.7. The molecule has 0 spiro atoms. The first-order valence-electron chi connectivity index (χ1n) is 14.3. The molecule has 0 bridgehead atoms. The number of anilines is 2. The Morgan fingerprint density at radius 2 is 1.93 bits per heavy atom. The van der Waals surface area contributed by atoms with Crippen LogP contribution in [0.25, 0.3) is 22.7 Å². The second-order valence-corrected chi connectivity index (χ2v) is 11.9. The van der Waals surface area contributed by atoms with Gasteiger partial charge in [-0.1, -0.05) is 39.7 Å². The van der Waals surface area contributed by atoms with E-state index in [0.717, 1.165) is 25.4 Å². The molecular weight excluding hydrogens is 542 g/mol. The molecule has 1 fully saturated rings. The predicted molar refractivity (Wildman–Crippen MR) is 165 cm³/mol. The first-order chi connectivity index (χ1) is 19.8. The minimum Gasteiger partial charge on any atom is -0.483 e. The Hall–Kier alpha value is -3.23. The van der Waals surface area contributed by atoms with Crippen molar-refractivity contribution in [1.82, 2.24) is 20.3 Å². The molecule has 9 nitrogen and oxygen atoms in total. The van der Waals surface area contributed by atoms with Gasteiger partial charge >= 0.3 is 0 Å². The second kappa shape index (κ2) is 16.3. The number of aromatic nitrogens is 3. The fourth-order valence-electron chi connectivity index (χ4n) is 3.68. The lowest BCUT2D eigenvalue weighted by atomic mass is 10.1. The van der Waals surface area contributed by atoms with Crippen molar-refractivity contribution in [2.75, 3.05) is 37.3 Å². The summed E-state index contributed by atoms with van der Waals surface area (Å²) in [5, 5.41) is 6.32. The molecular formula is C30H44FN6O3P. The van der Waals surface area contributed by atoms with Crippen LogP contribution in [0.15, 0.2) is 47.3 Å². The van der Waals surface area contributed by atoms with Crippen LogP contribution in [-0.2, 0) is 9.36 Å². The number of unbranched alkanes of at least 4 members (excludes halogenated alkanes) is 1. The summed E-state index contributed by atoms with van der Waals surface area (Å²) in [7, 11) is 0.868. The Morgan fingerprint density at radius 1 is 1.17 bits per heavy atom. The van der Waals surface area contributed by atoms with Crippen LogP contribution in [0, 0.1) is 5.82 Å². The van der Waals surface area contributed by atoms with Gasteiger partial charge in [-0.05, 0) is 63.8 Å². The number of ether oxygens (including phenoxy) is 1. The normalized spacial score (nSPS) is 13.9. The largest absolute Gasteiger partial charge is 0.483 e. The number of oxazole rings is 1. The van der Waals surface area contributed by atoms with Crippen LogP contribution in [0.4, 0.5) is 16.0 Å². The van der Waals surface area contributed by atoms with Crippen LogP contribution in [0.5, 0.6) is 0 Å². The maximum absolute atomic E-state index is 15.7. The summed E-state index contributed by atoms with van der Waals surface area (Å²) in [6.45, 7) is 14.7. The quantitative estimate of drug-likeness (QED) is 0.0930.